The van der Waals surface area contributed by atoms with Crippen molar-refractivity contribution >= 4 is 11.8 Å². The lowest BCUT2D eigenvalue weighted by atomic mass is 10.0. The zero-order chi connectivity index (χ0) is 14.0. The lowest BCUT2D eigenvalue weighted by molar-refractivity contribution is 0.0225. The summed E-state index contributed by atoms with van der Waals surface area (Å²) in [5.74, 6) is -0.627. The van der Waals surface area contributed by atoms with Gasteiger partial charge in [-0.1, -0.05) is 12.1 Å². The molecule has 1 aliphatic rings. The van der Waals surface area contributed by atoms with Crippen LogP contribution in [0.4, 0.5) is 0 Å². The van der Waals surface area contributed by atoms with Gasteiger partial charge in [-0.05, 0) is 26.0 Å². The summed E-state index contributed by atoms with van der Waals surface area (Å²) in [5, 5.41) is 8.45. The van der Waals surface area contributed by atoms with Crippen molar-refractivity contribution in [2.24, 2.45) is 0 Å². The minimum absolute atomic E-state index is 0.0629. The fourth-order valence-electron chi connectivity index (χ4n) is 2.15. The standard InChI is InChI=1S/C14H14N2O3/c1-14(2,9-19-8-7-15)16-12(17)10-5-3-4-6-11(10)13(16)18/h3-6H,8-9H2,1-2H3. The van der Waals surface area contributed by atoms with Gasteiger partial charge in [-0.25, -0.2) is 0 Å². The van der Waals surface area contributed by atoms with Crippen molar-refractivity contribution in [3.8, 4) is 6.07 Å². The van der Waals surface area contributed by atoms with Gasteiger partial charge in [0.15, 0.2) is 0 Å². The van der Waals surface area contributed by atoms with Crippen LogP contribution in [-0.2, 0) is 4.74 Å². The van der Waals surface area contributed by atoms with Gasteiger partial charge in [0, 0.05) is 0 Å². The second kappa shape index (κ2) is 4.82. The van der Waals surface area contributed by atoms with Gasteiger partial charge in [0.1, 0.15) is 6.61 Å². The van der Waals surface area contributed by atoms with Gasteiger partial charge in [-0.15, -0.1) is 0 Å². The molecule has 98 valence electrons. The first-order chi connectivity index (χ1) is 8.99. The second-order valence-electron chi connectivity index (χ2n) is 4.95. The molecule has 0 unspecified atom stereocenters. The molecule has 1 aromatic carbocycles. The van der Waals surface area contributed by atoms with Crippen molar-refractivity contribution in [1.82, 2.24) is 4.90 Å². The van der Waals surface area contributed by atoms with Crippen LogP contribution in [0.5, 0.6) is 0 Å². The number of carbonyl (C=O) groups is 2. The van der Waals surface area contributed by atoms with E-state index >= 15 is 0 Å². The molecule has 0 bridgehead atoms. The third kappa shape index (κ3) is 2.23. The van der Waals surface area contributed by atoms with Crippen molar-refractivity contribution in [3.05, 3.63) is 35.4 Å². The van der Waals surface area contributed by atoms with Crippen LogP contribution in [0.2, 0.25) is 0 Å². The number of rotatable bonds is 4. The predicted molar refractivity (Wildman–Crippen MR) is 67.5 cm³/mol. The van der Waals surface area contributed by atoms with Crippen LogP contribution in [0, 0.1) is 11.3 Å². The first-order valence-electron chi connectivity index (χ1n) is 5.91. The number of hydrogen-bond donors (Lipinski definition) is 0. The third-order valence-electron chi connectivity index (χ3n) is 3.02. The van der Waals surface area contributed by atoms with E-state index in [1.54, 1.807) is 38.1 Å². The van der Waals surface area contributed by atoms with Gasteiger partial charge >= 0.3 is 0 Å². The highest BCUT2D eigenvalue weighted by Gasteiger charge is 2.43. The van der Waals surface area contributed by atoms with E-state index in [1.165, 1.54) is 4.90 Å². The minimum atomic E-state index is -0.788. The first-order valence-corrected chi connectivity index (χ1v) is 5.91. The van der Waals surface area contributed by atoms with E-state index in [9.17, 15) is 9.59 Å². The van der Waals surface area contributed by atoms with Crippen LogP contribution in [0.3, 0.4) is 0 Å². The number of benzene rings is 1. The quantitative estimate of drug-likeness (QED) is 0.607. The summed E-state index contributed by atoms with van der Waals surface area (Å²) in [6.07, 6.45) is 0. The Hall–Kier alpha value is -2.19. The van der Waals surface area contributed by atoms with E-state index in [1.807, 2.05) is 6.07 Å². The number of fused-ring (bicyclic) bond motifs is 1. The fourth-order valence-corrected chi connectivity index (χ4v) is 2.15. The lowest BCUT2D eigenvalue weighted by Gasteiger charge is -2.33. The summed E-state index contributed by atoms with van der Waals surface area (Å²) in [6.45, 7) is 3.55. The highest BCUT2D eigenvalue weighted by atomic mass is 16.5. The largest absolute Gasteiger partial charge is 0.364 e. The summed E-state index contributed by atoms with van der Waals surface area (Å²) in [6, 6.07) is 8.60. The van der Waals surface area contributed by atoms with E-state index in [2.05, 4.69) is 0 Å². The normalized spacial score (nSPS) is 14.5. The van der Waals surface area contributed by atoms with Gasteiger partial charge < -0.3 is 4.74 Å². The summed E-state index contributed by atoms with van der Waals surface area (Å²) >= 11 is 0. The number of carbonyl (C=O) groups excluding carboxylic acids is 2. The Bertz CT molecular complexity index is 537. The molecular weight excluding hydrogens is 244 g/mol. The molecule has 5 nitrogen and oxygen atoms in total. The average molecular weight is 258 g/mol. The summed E-state index contributed by atoms with van der Waals surface area (Å²) in [4.78, 5) is 25.7. The van der Waals surface area contributed by atoms with Crippen molar-refractivity contribution in [3.63, 3.8) is 0 Å². The van der Waals surface area contributed by atoms with Crippen molar-refractivity contribution in [1.29, 1.82) is 5.26 Å². The number of hydrogen-bond acceptors (Lipinski definition) is 4. The zero-order valence-corrected chi connectivity index (χ0v) is 10.8. The van der Waals surface area contributed by atoms with Crippen LogP contribution in [0.15, 0.2) is 24.3 Å². The maximum Gasteiger partial charge on any atom is 0.262 e. The third-order valence-corrected chi connectivity index (χ3v) is 3.02. The van der Waals surface area contributed by atoms with E-state index < -0.39 is 5.54 Å². The number of imide groups is 1. The summed E-state index contributed by atoms with van der Waals surface area (Å²) < 4.78 is 5.15. The van der Waals surface area contributed by atoms with E-state index in [0.717, 1.165) is 0 Å². The van der Waals surface area contributed by atoms with Crippen molar-refractivity contribution < 1.29 is 14.3 Å². The van der Waals surface area contributed by atoms with Crippen LogP contribution in [-0.4, -0.2) is 35.5 Å². The number of ether oxygens (including phenoxy) is 1. The van der Waals surface area contributed by atoms with Crippen molar-refractivity contribution in [2.45, 2.75) is 19.4 Å². The highest BCUT2D eigenvalue weighted by molar-refractivity contribution is 6.21. The lowest BCUT2D eigenvalue weighted by Crippen LogP contribution is -2.50. The second-order valence-corrected chi connectivity index (χ2v) is 4.95. The Balaban J connectivity index is 2.26. The number of nitriles is 1. The number of nitrogens with zero attached hydrogens (tertiary/aromatic N) is 2. The van der Waals surface area contributed by atoms with Gasteiger partial charge in [0.2, 0.25) is 0 Å². The van der Waals surface area contributed by atoms with E-state index in [0.29, 0.717) is 11.1 Å². The molecule has 2 rings (SSSR count). The molecule has 0 aliphatic carbocycles. The molecule has 1 heterocycles. The molecule has 0 radical (unpaired) electrons. The number of amides is 2. The zero-order valence-electron chi connectivity index (χ0n) is 10.8. The molecule has 0 fully saturated rings. The molecule has 1 aliphatic heterocycles. The molecule has 2 amide bonds. The van der Waals surface area contributed by atoms with Crippen LogP contribution in [0.1, 0.15) is 34.6 Å². The van der Waals surface area contributed by atoms with Crippen LogP contribution >= 0.6 is 0 Å². The molecule has 0 saturated heterocycles. The average Bonchev–Trinajstić information content (AvgIpc) is 2.63. The molecule has 5 heteroatoms. The van der Waals surface area contributed by atoms with E-state index in [-0.39, 0.29) is 25.0 Å². The highest BCUT2D eigenvalue weighted by Crippen LogP contribution is 2.29. The Morgan fingerprint density at radius 1 is 1.21 bits per heavy atom. The topological polar surface area (TPSA) is 70.4 Å². The smallest absolute Gasteiger partial charge is 0.262 e. The molecule has 1 aromatic rings. The molecule has 0 aromatic heterocycles. The molecule has 0 saturated carbocycles. The van der Waals surface area contributed by atoms with Gasteiger partial charge in [0.25, 0.3) is 11.8 Å². The van der Waals surface area contributed by atoms with Crippen molar-refractivity contribution in [2.75, 3.05) is 13.2 Å². The molecule has 0 spiro atoms. The van der Waals surface area contributed by atoms with E-state index in [4.69, 9.17) is 10.00 Å². The Labute approximate surface area is 111 Å². The van der Waals surface area contributed by atoms with Crippen LogP contribution < -0.4 is 0 Å². The van der Waals surface area contributed by atoms with Gasteiger partial charge in [0.05, 0.1) is 29.3 Å². The Kier molecular flexibility index (Phi) is 3.36. The Morgan fingerprint density at radius 2 is 1.74 bits per heavy atom. The predicted octanol–water partition coefficient (Wildman–Crippen LogP) is 1.60. The molecule has 19 heavy (non-hydrogen) atoms. The molecule has 0 atom stereocenters. The molecular formula is C14H14N2O3. The van der Waals surface area contributed by atoms with Crippen LogP contribution in [0.25, 0.3) is 0 Å². The summed E-state index contributed by atoms with van der Waals surface area (Å²) in [5.41, 5.74) is 0.0473. The maximum atomic E-state index is 12.3. The van der Waals surface area contributed by atoms with Gasteiger partial charge in [-0.2, -0.15) is 5.26 Å². The Morgan fingerprint density at radius 3 is 2.21 bits per heavy atom. The monoisotopic (exact) mass is 258 g/mol. The SMILES string of the molecule is CC(C)(COCC#N)N1C(=O)c2ccccc2C1=O. The first kappa shape index (κ1) is 13.2. The molecule has 0 N–H and O–H groups in total. The maximum absolute atomic E-state index is 12.3. The minimum Gasteiger partial charge on any atom is -0.364 e. The summed E-state index contributed by atoms with van der Waals surface area (Å²) in [7, 11) is 0. The van der Waals surface area contributed by atoms with Gasteiger partial charge in [-0.3, -0.25) is 14.5 Å². The fraction of sp³-hybridized carbons (Fsp3) is 0.357.